The van der Waals surface area contributed by atoms with Crippen LogP contribution in [0.2, 0.25) is 0 Å². The van der Waals surface area contributed by atoms with Crippen LogP contribution in [-0.4, -0.2) is 14.5 Å². The van der Waals surface area contributed by atoms with E-state index in [2.05, 4.69) is 237 Å². The Morgan fingerprint density at radius 1 is 0.328 bits per heavy atom. The lowest BCUT2D eigenvalue weighted by molar-refractivity contribution is 0.660. The van der Waals surface area contributed by atoms with E-state index in [1.165, 1.54) is 44.2 Å². The van der Waals surface area contributed by atoms with E-state index in [1.807, 2.05) is 6.07 Å². The van der Waals surface area contributed by atoms with Crippen molar-refractivity contribution in [3.8, 4) is 84.1 Å². The predicted molar refractivity (Wildman–Crippen MR) is 267 cm³/mol. The predicted octanol–water partition coefficient (Wildman–Crippen LogP) is 15.9. The molecule has 0 fully saturated rings. The van der Waals surface area contributed by atoms with Gasteiger partial charge < -0.3 is 4.57 Å². The van der Waals surface area contributed by atoms with Crippen LogP contribution in [0.1, 0.15) is 25.0 Å². The molecule has 0 aliphatic heterocycles. The molecule has 9 aromatic carbocycles. The van der Waals surface area contributed by atoms with E-state index >= 15 is 0 Å². The summed E-state index contributed by atoms with van der Waals surface area (Å²) in [4.78, 5) is 10.8. The van der Waals surface area contributed by atoms with Gasteiger partial charge >= 0.3 is 0 Å². The van der Waals surface area contributed by atoms with Gasteiger partial charge in [-0.3, -0.25) is 0 Å². The van der Waals surface area contributed by atoms with Gasteiger partial charge in [0.25, 0.3) is 0 Å². The fourth-order valence-corrected chi connectivity index (χ4v) is 9.97. The van der Waals surface area contributed by atoms with Crippen LogP contribution >= 0.6 is 0 Å². The van der Waals surface area contributed by atoms with Crippen molar-refractivity contribution in [3.05, 3.63) is 236 Å². The first kappa shape index (κ1) is 37.6. The Morgan fingerprint density at radius 3 is 1.41 bits per heavy atom. The highest BCUT2D eigenvalue weighted by Crippen LogP contribution is 2.50. The molecular weight excluding hydrogens is 775 g/mol. The zero-order valence-corrected chi connectivity index (χ0v) is 35.7. The number of hydrogen-bond donors (Lipinski definition) is 0. The molecule has 0 N–H and O–H groups in total. The molecule has 3 nitrogen and oxygen atoms in total. The third-order valence-electron chi connectivity index (χ3n) is 13.2. The molecule has 2 aromatic heterocycles. The second-order valence-electron chi connectivity index (χ2n) is 17.4. The summed E-state index contributed by atoms with van der Waals surface area (Å²) < 4.78 is 2.41. The van der Waals surface area contributed by atoms with Gasteiger partial charge in [0.2, 0.25) is 0 Å². The van der Waals surface area contributed by atoms with Crippen LogP contribution in [0.4, 0.5) is 0 Å². The number of fused-ring (bicyclic) bond motifs is 6. The van der Waals surface area contributed by atoms with Gasteiger partial charge in [-0.15, -0.1) is 0 Å². The maximum atomic E-state index is 5.42. The fourth-order valence-electron chi connectivity index (χ4n) is 9.97. The molecule has 12 rings (SSSR count). The number of aromatic nitrogens is 3. The van der Waals surface area contributed by atoms with E-state index in [9.17, 15) is 0 Å². The lowest BCUT2D eigenvalue weighted by Gasteiger charge is -2.22. The zero-order valence-electron chi connectivity index (χ0n) is 35.7. The van der Waals surface area contributed by atoms with E-state index in [4.69, 9.17) is 9.97 Å². The van der Waals surface area contributed by atoms with Gasteiger partial charge in [0.05, 0.1) is 22.4 Å². The van der Waals surface area contributed by atoms with E-state index < -0.39 is 0 Å². The first-order valence-corrected chi connectivity index (χ1v) is 22.1. The molecule has 3 heteroatoms. The molecule has 0 unspecified atom stereocenters. The summed E-state index contributed by atoms with van der Waals surface area (Å²) >= 11 is 0. The summed E-state index contributed by atoms with van der Waals surface area (Å²) in [5.74, 6) is 0.692. The molecule has 2 heterocycles. The van der Waals surface area contributed by atoms with Crippen molar-refractivity contribution < 1.29 is 0 Å². The summed E-state index contributed by atoms with van der Waals surface area (Å²) in [6.45, 7) is 4.67. The highest BCUT2D eigenvalue weighted by Gasteiger charge is 2.35. The van der Waals surface area contributed by atoms with Crippen LogP contribution in [0.15, 0.2) is 224 Å². The minimum atomic E-state index is -0.140. The van der Waals surface area contributed by atoms with Crippen molar-refractivity contribution in [1.82, 2.24) is 14.5 Å². The van der Waals surface area contributed by atoms with Crippen molar-refractivity contribution in [1.29, 1.82) is 0 Å². The average molecular weight is 818 g/mol. The van der Waals surface area contributed by atoms with E-state index in [0.717, 1.165) is 67.1 Å². The lowest BCUT2D eigenvalue weighted by Crippen LogP contribution is -2.14. The fraction of sp³-hybridized carbons (Fsp3) is 0.0492. The summed E-state index contributed by atoms with van der Waals surface area (Å²) in [5.41, 5.74) is 20.2. The SMILES string of the molecule is CC1(C)c2ccccc2-c2ccc(-c3cc(-c4cc(-c5cc(-c6ccccc6)cc(-c6ccccc6)c5)cc(-n5c6ccccc6c6ccccc65)c4)nc(-c4ccccc4)n3)cc21. The van der Waals surface area contributed by atoms with Gasteiger partial charge in [0.1, 0.15) is 0 Å². The van der Waals surface area contributed by atoms with Crippen molar-refractivity contribution in [2.75, 3.05) is 0 Å². The molecule has 0 radical (unpaired) electrons. The Morgan fingerprint density at radius 2 is 0.781 bits per heavy atom. The third-order valence-corrected chi connectivity index (χ3v) is 13.2. The maximum Gasteiger partial charge on any atom is 0.160 e. The van der Waals surface area contributed by atoms with Gasteiger partial charge in [-0.1, -0.05) is 178 Å². The van der Waals surface area contributed by atoms with Gasteiger partial charge in [0.15, 0.2) is 5.82 Å². The van der Waals surface area contributed by atoms with E-state index in [1.54, 1.807) is 0 Å². The van der Waals surface area contributed by atoms with Crippen molar-refractivity contribution in [2.24, 2.45) is 0 Å². The largest absolute Gasteiger partial charge is 0.309 e. The van der Waals surface area contributed by atoms with Crippen molar-refractivity contribution >= 4 is 21.8 Å². The molecule has 0 saturated heterocycles. The van der Waals surface area contributed by atoms with E-state index in [-0.39, 0.29) is 5.41 Å². The quantitative estimate of drug-likeness (QED) is 0.160. The van der Waals surface area contributed by atoms with Gasteiger partial charge in [0, 0.05) is 38.6 Å². The molecule has 0 amide bonds. The van der Waals surface area contributed by atoms with Crippen molar-refractivity contribution in [2.45, 2.75) is 19.3 Å². The van der Waals surface area contributed by atoms with Crippen LogP contribution in [0.3, 0.4) is 0 Å². The van der Waals surface area contributed by atoms with Crippen LogP contribution in [-0.2, 0) is 5.41 Å². The first-order chi connectivity index (χ1) is 31.5. The monoisotopic (exact) mass is 817 g/mol. The van der Waals surface area contributed by atoms with Crippen molar-refractivity contribution in [3.63, 3.8) is 0 Å². The summed E-state index contributed by atoms with van der Waals surface area (Å²) in [6.07, 6.45) is 0. The topological polar surface area (TPSA) is 30.7 Å². The van der Waals surface area contributed by atoms with Crippen LogP contribution in [0, 0.1) is 0 Å². The van der Waals surface area contributed by atoms with Gasteiger partial charge in [-0.25, -0.2) is 9.97 Å². The second kappa shape index (κ2) is 15.0. The van der Waals surface area contributed by atoms with Crippen LogP contribution in [0.5, 0.6) is 0 Å². The number of benzene rings is 9. The number of nitrogens with zero attached hydrogens (tertiary/aromatic N) is 3. The molecule has 11 aromatic rings. The Hall–Kier alpha value is -8.14. The van der Waals surface area contributed by atoms with E-state index in [0.29, 0.717) is 5.82 Å². The summed E-state index contributed by atoms with van der Waals surface area (Å²) in [5, 5.41) is 2.44. The smallest absolute Gasteiger partial charge is 0.160 e. The number of rotatable bonds is 7. The lowest BCUT2D eigenvalue weighted by atomic mass is 9.82. The Bertz CT molecular complexity index is 3450. The standard InChI is InChI=1S/C61H43N3/c1-61(2)54-27-15-12-24-50(54)51-31-30-43(38-55(51)61)56-39-57(63-60(62-56)42-22-10-5-11-23-42)48-35-47(36-49(37-48)64-58-28-16-13-25-52(58)53-26-14-17-29-59(53)64)46-33-44(40-18-6-3-7-19-40)32-45(34-46)41-20-8-4-9-21-41/h3-39H,1-2H3. The Balaban J connectivity index is 1.12. The first-order valence-electron chi connectivity index (χ1n) is 22.1. The third kappa shape index (κ3) is 6.36. The van der Waals surface area contributed by atoms with Gasteiger partial charge in [-0.05, 0) is 116 Å². The zero-order chi connectivity index (χ0) is 42.8. The average Bonchev–Trinajstić information content (AvgIpc) is 3.82. The van der Waals surface area contributed by atoms with Crippen LogP contribution < -0.4 is 0 Å². The molecule has 0 bridgehead atoms. The highest BCUT2D eigenvalue weighted by molar-refractivity contribution is 6.09. The molecule has 0 spiro atoms. The molecular formula is C61H43N3. The Kier molecular flexibility index (Phi) is 8.84. The minimum absolute atomic E-state index is 0.140. The Labute approximate surface area is 373 Å². The second-order valence-corrected chi connectivity index (χ2v) is 17.4. The maximum absolute atomic E-state index is 5.42. The summed E-state index contributed by atoms with van der Waals surface area (Å²) in [7, 11) is 0. The molecule has 1 aliphatic carbocycles. The number of para-hydroxylation sites is 2. The molecule has 64 heavy (non-hydrogen) atoms. The van der Waals surface area contributed by atoms with Gasteiger partial charge in [-0.2, -0.15) is 0 Å². The minimum Gasteiger partial charge on any atom is -0.309 e. The molecule has 0 saturated carbocycles. The summed E-state index contributed by atoms with van der Waals surface area (Å²) in [6, 6.07) is 81.1. The highest BCUT2D eigenvalue weighted by atomic mass is 15.0. The molecule has 0 atom stereocenters. The van der Waals surface area contributed by atoms with Crippen LogP contribution in [0.25, 0.3) is 106 Å². The molecule has 302 valence electrons. The normalized spacial score (nSPS) is 12.7. The molecule has 1 aliphatic rings. The number of hydrogen-bond acceptors (Lipinski definition) is 2.